The Kier molecular flexibility index (Phi) is 3.62. The fourth-order valence-electron chi connectivity index (χ4n) is 2.67. The molecule has 1 aliphatic rings. The van der Waals surface area contributed by atoms with Gasteiger partial charge in [-0.1, -0.05) is 28.1 Å². The number of ketones is 1. The Bertz CT molecular complexity index is 687. The van der Waals surface area contributed by atoms with Crippen LogP contribution in [0.2, 0.25) is 0 Å². The molecule has 0 aliphatic carbocycles. The van der Waals surface area contributed by atoms with Gasteiger partial charge in [-0.3, -0.25) is 4.79 Å². The Balaban J connectivity index is 1.79. The summed E-state index contributed by atoms with van der Waals surface area (Å²) in [6, 6.07) is 13.6. The average molecular weight is 345 g/mol. The monoisotopic (exact) mass is 344 g/mol. The van der Waals surface area contributed by atoms with Crippen molar-refractivity contribution in [1.82, 2.24) is 0 Å². The lowest BCUT2D eigenvalue weighted by molar-refractivity contribution is 0.0993. The van der Waals surface area contributed by atoms with Gasteiger partial charge in [0.05, 0.1) is 0 Å². The van der Waals surface area contributed by atoms with Crippen LogP contribution in [-0.4, -0.2) is 11.4 Å². The Labute approximate surface area is 133 Å². The van der Waals surface area contributed by atoms with Gasteiger partial charge in [-0.15, -0.1) is 0 Å². The van der Waals surface area contributed by atoms with E-state index in [9.17, 15) is 4.79 Å². The highest BCUT2D eigenvalue weighted by molar-refractivity contribution is 9.10. The lowest BCUT2D eigenvalue weighted by atomic mass is 9.97. The lowest BCUT2D eigenvalue weighted by Crippen LogP contribution is -2.24. The van der Waals surface area contributed by atoms with Crippen LogP contribution in [0.4, 0.5) is 0 Å². The maximum atomic E-state index is 12.4. The van der Waals surface area contributed by atoms with Crippen LogP contribution in [0.5, 0.6) is 5.75 Å². The third-order valence-electron chi connectivity index (χ3n) is 3.66. The molecule has 0 saturated carbocycles. The Morgan fingerprint density at radius 3 is 2.62 bits per heavy atom. The second kappa shape index (κ2) is 5.30. The third kappa shape index (κ3) is 3.18. The zero-order valence-electron chi connectivity index (χ0n) is 12.2. The van der Waals surface area contributed by atoms with E-state index in [2.05, 4.69) is 29.8 Å². The zero-order chi connectivity index (χ0) is 15.0. The molecule has 0 atom stereocenters. The van der Waals surface area contributed by atoms with Crippen LogP contribution in [0.25, 0.3) is 0 Å². The van der Waals surface area contributed by atoms with Crippen LogP contribution in [0, 0.1) is 0 Å². The molecule has 2 aromatic rings. The Morgan fingerprint density at radius 2 is 1.90 bits per heavy atom. The molecule has 0 unspecified atom stereocenters. The van der Waals surface area contributed by atoms with E-state index >= 15 is 0 Å². The number of hydrogen-bond donors (Lipinski definition) is 0. The maximum absolute atomic E-state index is 12.4. The first-order valence-electron chi connectivity index (χ1n) is 7.02. The van der Waals surface area contributed by atoms with Gasteiger partial charge in [0, 0.05) is 22.9 Å². The molecule has 2 aromatic carbocycles. The van der Waals surface area contributed by atoms with Crippen LogP contribution >= 0.6 is 15.9 Å². The molecule has 0 radical (unpaired) electrons. The summed E-state index contributed by atoms with van der Waals surface area (Å²) in [5, 5.41) is 0. The van der Waals surface area contributed by atoms with Crippen molar-refractivity contribution in [2.75, 3.05) is 0 Å². The summed E-state index contributed by atoms with van der Waals surface area (Å²) >= 11 is 3.40. The van der Waals surface area contributed by atoms with Crippen molar-refractivity contribution in [3.63, 3.8) is 0 Å². The average Bonchev–Trinajstić information content (AvgIpc) is 2.74. The molecule has 0 bridgehead atoms. The van der Waals surface area contributed by atoms with Gasteiger partial charge in [0.15, 0.2) is 5.78 Å². The van der Waals surface area contributed by atoms with Crippen molar-refractivity contribution in [1.29, 1.82) is 0 Å². The minimum Gasteiger partial charge on any atom is -0.487 e. The third-order valence-corrected chi connectivity index (χ3v) is 4.19. The van der Waals surface area contributed by atoms with E-state index in [0.29, 0.717) is 6.42 Å². The number of Topliss-reactive ketones (excluding diaryl/α,β-unsaturated/α-hetero) is 1. The van der Waals surface area contributed by atoms with Gasteiger partial charge in [-0.25, -0.2) is 0 Å². The number of carbonyl (C=O) groups excluding carboxylic acids is 1. The van der Waals surface area contributed by atoms with Crippen molar-refractivity contribution < 1.29 is 9.53 Å². The van der Waals surface area contributed by atoms with Crippen LogP contribution in [-0.2, 0) is 12.8 Å². The SMILES string of the molecule is CC1(C)Cc2cc(C(=O)Cc3ccc(Br)cc3)ccc2O1. The molecule has 2 nitrogen and oxygen atoms in total. The quantitative estimate of drug-likeness (QED) is 0.761. The van der Waals surface area contributed by atoms with E-state index in [1.807, 2.05) is 42.5 Å². The van der Waals surface area contributed by atoms with E-state index in [-0.39, 0.29) is 11.4 Å². The van der Waals surface area contributed by atoms with Gasteiger partial charge >= 0.3 is 0 Å². The first-order chi connectivity index (χ1) is 9.93. The summed E-state index contributed by atoms with van der Waals surface area (Å²) in [5.74, 6) is 1.05. The van der Waals surface area contributed by atoms with Gasteiger partial charge in [0.25, 0.3) is 0 Å². The molecule has 0 N–H and O–H groups in total. The second-order valence-electron chi connectivity index (χ2n) is 6.09. The number of hydrogen-bond acceptors (Lipinski definition) is 2. The minimum absolute atomic E-state index is 0.143. The Morgan fingerprint density at radius 1 is 1.19 bits per heavy atom. The van der Waals surface area contributed by atoms with Crippen molar-refractivity contribution in [2.24, 2.45) is 0 Å². The first-order valence-corrected chi connectivity index (χ1v) is 7.82. The van der Waals surface area contributed by atoms with Gasteiger partial charge in [-0.2, -0.15) is 0 Å². The lowest BCUT2D eigenvalue weighted by Gasteiger charge is -2.16. The molecule has 21 heavy (non-hydrogen) atoms. The maximum Gasteiger partial charge on any atom is 0.167 e. The van der Waals surface area contributed by atoms with E-state index < -0.39 is 0 Å². The van der Waals surface area contributed by atoms with Crippen LogP contribution in [0.1, 0.15) is 35.3 Å². The van der Waals surface area contributed by atoms with Crippen molar-refractivity contribution in [3.05, 3.63) is 63.6 Å². The molecular formula is C18H17BrO2. The summed E-state index contributed by atoms with van der Waals surface area (Å²) in [6.07, 6.45) is 1.28. The number of benzene rings is 2. The fraction of sp³-hybridized carbons (Fsp3) is 0.278. The van der Waals surface area contributed by atoms with E-state index in [1.54, 1.807) is 0 Å². The largest absolute Gasteiger partial charge is 0.487 e. The van der Waals surface area contributed by atoms with Crippen LogP contribution in [0.3, 0.4) is 0 Å². The summed E-state index contributed by atoms with van der Waals surface area (Å²) in [7, 11) is 0. The first kappa shape index (κ1) is 14.3. The molecule has 108 valence electrons. The van der Waals surface area contributed by atoms with Gasteiger partial charge in [0.2, 0.25) is 0 Å². The normalized spacial score (nSPS) is 15.4. The van der Waals surface area contributed by atoms with Crippen molar-refractivity contribution >= 4 is 21.7 Å². The number of carbonyl (C=O) groups is 1. The molecule has 3 heteroatoms. The summed E-state index contributed by atoms with van der Waals surface area (Å²) in [6.45, 7) is 4.13. The Hall–Kier alpha value is -1.61. The molecule has 1 aliphatic heterocycles. The number of halogens is 1. The van der Waals surface area contributed by atoms with Gasteiger partial charge in [0.1, 0.15) is 11.4 Å². The predicted molar refractivity (Wildman–Crippen MR) is 87.0 cm³/mol. The van der Waals surface area contributed by atoms with Crippen molar-refractivity contribution in [2.45, 2.75) is 32.3 Å². The topological polar surface area (TPSA) is 26.3 Å². The highest BCUT2D eigenvalue weighted by atomic mass is 79.9. The van der Waals surface area contributed by atoms with Crippen LogP contribution in [0.15, 0.2) is 46.9 Å². The highest BCUT2D eigenvalue weighted by Crippen LogP contribution is 2.35. The fourth-order valence-corrected chi connectivity index (χ4v) is 2.94. The predicted octanol–water partition coefficient (Wildman–Crippen LogP) is 4.59. The zero-order valence-corrected chi connectivity index (χ0v) is 13.7. The summed E-state index contributed by atoms with van der Waals surface area (Å²) in [5.41, 5.74) is 2.75. The standard InChI is InChI=1S/C18H17BrO2/c1-18(2)11-14-10-13(5-8-17(14)21-18)16(20)9-12-3-6-15(19)7-4-12/h3-8,10H,9,11H2,1-2H3. The number of rotatable bonds is 3. The summed E-state index contributed by atoms with van der Waals surface area (Å²) in [4.78, 5) is 12.4. The molecule has 0 spiro atoms. The molecule has 3 rings (SSSR count). The molecule has 0 aromatic heterocycles. The molecule has 1 heterocycles. The van der Waals surface area contributed by atoms with E-state index in [1.165, 1.54) is 0 Å². The summed E-state index contributed by atoms with van der Waals surface area (Å²) < 4.78 is 6.87. The van der Waals surface area contributed by atoms with Crippen molar-refractivity contribution in [3.8, 4) is 5.75 Å². The number of fused-ring (bicyclic) bond motifs is 1. The van der Waals surface area contributed by atoms with Crippen LogP contribution < -0.4 is 4.74 Å². The molecule has 0 amide bonds. The molecule has 0 saturated heterocycles. The molecular weight excluding hydrogens is 328 g/mol. The van der Waals surface area contributed by atoms with E-state index in [0.717, 1.165) is 33.3 Å². The highest BCUT2D eigenvalue weighted by Gasteiger charge is 2.30. The number of ether oxygens (including phenoxy) is 1. The van der Waals surface area contributed by atoms with Gasteiger partial charge in [-0.05, 0) is 55.3 Å². The van der Waals surface area contributed by atoms with E-state index in [4.69, 9.17) is 4.74 Å². The van der Waals surface area contributed by atoms with Gasteiger partial charge < -0.3 is 4.74 Å². The molecule has 0 fully saturated rings. The minimum atomic E-state index is -0.171. The smallest absolute Gasteiger partial charge is 0.167 e. The second-order valence-corrected chi connectivity index (χ2v) is 7.00.